The Hall–Kier alpha value is -0.120. The van der Waals surface area contributed by atoms with E-state index in [1.807, 2.05) is 27.7 Å². The lowest BCUT2D eigenvalue weighted by Crippen LogP contribution is -2.46. The zero-order chi connectivity index (χ0) is 11.2. The molecule has 0 aliphatic carbocycles. The smallest absolute Gasteiger partial charge is 0.0766 e. The van der Waals surface area contributed by atoms with Crippen molar-refractivity contribution in [3.8, 4) is 0 Å². The van der Waals surface area contributed by atoms with Gasteiger partial charge in [-0.2, -0.15) is 0 Å². The first-order valence-corrected chi connectivity index (χ1v) is 5.43. The van der Waals surface area contributed by atoms with E-state index in [4.69, 9.17) is 4.74 Å². The molecule has 0 amide bonds. The van der Waals surface area contributed by atoms with Crippen molar-refractivity contribution in [1.29, 1.82) is 0 Å². The van der Waals surface area contributed by atoms with E-state index < -0.39 is 5.60 Å². The van der Waals surface area contributed by atoms with Gasteiger partial charge in [0.05, 0.1) is 12.2 Å². The second kappa shape index (κ2) is 6.38. The molecule has 0 saturated heterocycles. The Bertz CT molecular complexity index is 146. The Balaban J connectivity index is 3.70. The second-order valence-corrected chi connectivity index (χ2v) is 4.45. The summed E-state index contributed by atoms with van der Waals surface area (Å²) in [4.78, 5) is 0. The zero-order valence-corrected chi connectivity index (χ0v) is 10.1. The van der Waals surface area contributed by atoms with Crippen LogP contribution in [0.3, 0.4) is 0 Å². The SMILES string of the molecule is CCOCC(C)NCC(C)(O)C(C)C. The van der Waals surface area contributed by atoms with Gasteiger partial charge in [0.15, 0.2) is 0 Å². The third kappa shape index (κ3) is 5.58. The lowest BCUT2D eigenvalue weighted by molar-refractivity contribution is 0.00883. The van der Waals surface area contributed by atoms with Crippen LogP contribution in [0.5, 0.6) is 0 Å². The normalized spacial score (nSPS) is 18.2. The third-order valence-electron chi connectivity index (χ3n) is 2.62. The van der Waals surface area contributed by atoms with Crippen molar-refractivity contribution in [2.24, 2.45) is 5.92 Å². The summed E-state index contributed by atoms with van der Waals surface area (Å²) < 4.78 is 5.28. The first kappa shape index (κ1) is 13.9. The van der Waals surface area contributed by atoms with Crippen molar-refractivity contribution in [2.75, 3.05) is 19.8 Å². The molecule has 86 valence electrons. The van der Waals surface area contributed by atoms with E-state index in [1.165, 1.54) is 0 Å². The number of nitrogens with one attached hydrogen (secondary N) is 1. The molecule has 2 unspecified atom stereocenters. The van der Waals surface area contributed by atoms with E-state index in [0.29, 0.717) is 19.2 Å². The molecule has 0 aliphatic rings. The van der Waals surface area contributed by atoms with Crippen LogP contribution < -0.4 is 5.32 Å². The molecular weight excluding hydrogens is 178 g/mol. The molecular formula is C11H25NO2. The van der Waals surface area contributed by atoms with E-state index in [1.54, 1.807) is 0 Å². The van der Waals surface area contributed by atoms with Gasteiger partial charge in [0.25, 0.3) is 0 Å². The van der Waals surface area contributed by atoms with Gasteiger partial charge in [-0.15, -0.1) is 0 Å². The maximum atomic E-state index is 9.96. The first-order chi connectivity index (χ1) is 6.40. The van der Waals surface area contributed by atoms with Crippen LogP contribution in [-0.2, 0) is 4.74 Å². The molecule has 0 fully saturated rings. The minimum atomic E-state index is -0.638. The van der Waals surface area contributed by atoms with Crippen LogP contribution in [0.15, 0.2) is 0 Å². The molecule has 0 heterocycles. The van der Waals surface area contributed by atoms with Crippen LogP contribution >= 0.6 is 0 Å². The van der Waals surface area contributed by atoms with Crippen molar-refractivity contribution >= 4 is 0 Å². The van der Waals surface area contributed by atoms with Gasteiger partial charge in [0, 0.05) is 19.2 Å². The van der Waals surface area contributed by atoms with Crippen LogP contribution in [0.4, 0.5) is 0 Å². The molecule has 0 bridgehead atoms. The van der Waals surface area contributed by atoms with E-state index in [-0.39, 0.29) is 5.92 Å². The Morgan fingerprint density at radius 1 is 1.36 bits per heavy atom. The highest BCUT2D eigenvalue weighted by Gasteiger charge is 2.24. The molecule has 0 aromatic carbocycles. The highest BCUT2D eigenvalue weighted by molar-refractivity contribution is 4.80. The molecule has 0 aromatic rings. The average Bonchev–Trinajstić information content (AvgIpc) is 2.11. The topological polar surface area (TPSA) is 41.5 Å². The summed E-state index contributed by atoms with van der Waals surface area (Å²) in [6.07, 6.45) is 0. The number of hydrogen-bond acceptors (Lipinski definition) is 3. The summed E-state index contributed by atoms with van der Waals surface area (Å²) >= 11 is 0. The largest absolute Gasteiger partial charge is 0.389 e. The molecule has 0 radical (unpaired) electrons. The molecule has 3 nitrogen and oxygen atoms in total. The van der Waals surface area contributed by atoms with E-state index in [2.05, 4.69) is 12.2 Å². The quantitative estimate of drug-likeness (QED) is 0.657. The molecule has 0 aromatic heterocycles. The second-order valence-electron chi connectivity index (χ2n) is 4.45. The van der Waals surface area contributed by atoms with Crippen molar-refractivity contribution in [2.45, 2.75) is 46.3 Å². The van der Waals surface area contributed by atoms with Crippen LogP contribution in [0.2, 0.25) is 0 Å². The van der Waals surface area contributed by atoms with Gasteiger partial charge in [-0.05, 0) is 26.7 Å². The zero-order valence-electron chi connectivity index (χ0n) is 10.1. The fourth-order valence-electron chi connectivity index (χ4n) is 0.939. The van der Waals surface area contributed by atoms with E-state index in [9.17, 15) is 5.11 Å². The van der Waals surface area contributed by atoms with Gasteiger partial charge in [0.1, 0.15) is 0 Å². The summed E-state index contributed by atoms with van der Waals surface area (Å²) in [6, 6.07) is 0.292. The van der Waals surface area contributed by atoms with Crippen molar-refractivity contribution in [1.82, 2.24) is 5.32 Å². The molecule has 0 spiro atoms. The van der Waals surface area contributed by atoms with Crippen LogP contribution in [-0.4, -0.2) is 36.5 Å². The Morgan fingerprint density at radius 3 is 2.36 bits per heavy atom. The highest BCUT2D eigenvalue weighted by Crippen LogP contribution is 2.14. The van der Waals surface area contributed by atoms with Crippen molar-refractivity contribution in [3.05, 3.63) is 0 Å². The Labute approximate surface area is 87.8 Å². The monoisotopic (exact) mass is 203 g/mol. The highest BCUT2D eigenvalue weighted by atomic mass is 16.5. The summed E-state index contributed by atoms with van der Waals surface area (Å²) in [5.74, 6) is 0.259. The summed E-state index contributed by atoms with van der Waals surface area (Å²) in [5, 5.41) is 13.2. The van der Waals surface area contributed by atoms with Crippen molar-refractivity contribution in [3.63, 3.8) is 0 Å². The predicted molar refractivity (Wildman–Crippen MR) is 59.4 cm³/mol. The fraction of sp³-hybridized carbons (Fsp3) is 1.00. The molecule has 0 saturated carbocycles. The minimum absolute atomic E-state index is 0.259. The van der Waals surface area contributed by atoms with Crippen molar-refractivity contribution < 1.29 is 9.84 Å². The van der Waals surface area contributed by atoms with Gasteiger partial charge < -0.3 is 15.2 Å². The maximum absolute atomic E-state index is 9.96. The summed E-state index contributed by atoms with van der Waals surface area (Å²) in [6.45, 7) is 12.0. The number of hydrogen-bond donors (Lipinski definition) is 2. The van der Waals surface area contributed by atoms with Gasteiger partial charge in [0.2, 0.25) is 0 Å². The molecule has 0 aliphatic heterocycles. The maximum Gasteiger partial charge on any atom is 0.0766 e. The van der Waals surface area contributed by atoms with Gasteiger partial charge in [-0.3, -0.25) is 0 Å². The number of ether oxygens (including phenoxy) is 1. The lowest BCUT2D eigenvalue weighted by Gasteiger charge is -2.29. The summed E-state index contributed by atoms with van der Waals surface area (Å²) in [5.41, 5.74) is -0.638. The third-order valence-corrected chi connectivity index (χ3v) is 2.62. The Morgan fingerprint density at radius 2 is 1.93 bits per heavy atom. The molecule has 14 heavy (non-hydrogen) atoms. The minimum Gasteiger partial charge on any atom is -0.389 e. The molecule has 2 atom stereocenters. The Kier molecular flexibility index (Phi) is 6.33. The predicted octanol–water partition coefficient (Wildman–Crippen LogP) is 1.41. The summed E-state index contributed by atoms with van der Waals surface area (Å²) in [7, 11) is 0. The van der Waals surface area contributed by atoms with Crippen LogP contribution in [0.1, 0.15) is 34.6 Å². The lowest BCUT2D eigenvalue weighted by atomic mass is 9.92. The molecule has 2 N–H and O–H groups in total. The van der Waals surface area contributed by atoms with Crippen LogP contribution in [0.25, 0.3) is 0 Å². The molecule has 3 heteroatoms. The average molecular weight is 203 g/mol. The fourth-order valence-corrected chi connectivity index (χ4v) is 0.939. The van der Waals surface area contributed by atoms with E-state index in [0.717, 1.165) is 6.61 Å². The van der Waals surface area contributed by atoms with Gasteiger partial charge >= 0.3 is 0 Å². The van der Waals surface area contributed by atoms with Gasteiger partial charge in [-0.1, -0.05) is 13.8 Å². The number of aliphatic hydroxyl groups is 1. The standard InChI is InChI=1S/C11H25NO2/c1-6-14-7-10(4)12-8-11(5,13)9(2)3/h9-10,12-13H,6-8H2,1-5H3. The van der Waals surface area contributed by atoms with Crippen LogP contribution in [0, 0.1) is 5.92 Å². The van der Waals surface area contributed by atoms with Gasteiger partial charge in [-0.25, -0.2) is 0 Å². The first-order valence-electron chi connectivity index (χ1n) is 5.43. The number of rotatable bonds is 7. The molecule has 0 rings (SSSR count). The van der Waals surface area contributed by atoms with E-state index >= 15 is 0 Å².